The molecule has 1 aliphatic carbocycles. The van der Waals surface area contributed by atoms with Crippen molar-refractivity contribution in [1.29, 1.82) is 0 Å². The van der Waals surface area contributed by atoms with Gasteiger partial charge in [-0.1, -0.05) is 58.1 Å². The van der Waals surface area contributed by atoms with Gasteiger partial charge in [0.05, 0.1) is 13.2 Å². The lowest BCUT2D eigenvalue weighted by atomic mass is 9.84. The van der Waals surface area contributed by atoms with Crippen molar-refractivity contribution in [2.75, 3.05) is 13.7 Å². The Hall–Kier alpha value is -3.89. The Bertz CT molecular complexity index is 1280. The van der Waals surface area contributed by atoms with Gasteiger partial charge in [-0.15, -0.1) is 0 Å². The predicted molar refractivity (Wildman–Crippen MR) is 156 cm³/mol. The van der Waals surface area contributed by atoms with Crippen LogP contribution in [0.4, 0.5) is 0 Å². The van der Waals surface area contributed by atoms with Crippen molar-refractivity contribution in [3.8, 4) is 5.75 Å². The highest BCUT2D eigenvalue weighted by molar-refractivity contribution is 6.00. The summed E-state index contributed by atoms with van der Waals surface area (Å²) in [5.74, 6) is -1.52. The number of fused-ring (bicyclic) bond motifs is 1. The molecule has 11 heteroatoms. The van der Waals surface area contributed by atoms with Crippen LogP contribution in [0.1, 0.15) is 75.8 Å². The Kier molecular flexibility index (Phi) is 10.6. The molecule has 2 heterocycles. The summed E-state index contributed by atoms with van der Waals surface area (Å²) in [5, 5.41) is 11.8. The number of rotatable bonds is 13. The van der Waals surface area contributed by atoms with Gasteiger partial charge in [0.25, 0.3) is 5.91 Å². The minimum Gasteiger partial charge on any atom is -0.493 e. The average molecular weight is 583 g/mol. The van der Waals surface area contributed by atoms with Gasteiger partial charge in [0.2, 0.25) is 17.7 Å². The zero-order chi connectivity index (χ0) is 30.2. The van der Waals surface area contributed by atoms with E-state index in [9.17, 15) is 24.0 Å². The SMILES string of the molecule is COc1cccc2cc(C(=O)N[C@H](C(=O)N[C@@H](CC3CCCCC3)C(=O)NC(C=O)C[C@@H]3CCNC3=O)C(C)C)oc12. The molecule has 4 atom stereocenters. The van der Waals surface area contributed by atoms with Gasteiger partial charge in [0, 0.05) is 17.8 Å². The first-order valence-corrected chi connectivity index (χ1v) is 14.9. The summed E-state index contributed by atoms with van der Waals surface area (Å²) in [7, 11) is 1.51. The number of carbonyl (C=O) groups is 5. The third-order valence-electron chi connectivity index (χ3n) is 8.31. The van der Waals surface area contributed by atoms with Crippen LogP contribution in [0.2, 0.25) is 0 Å². The van der Waals surface area contributed by atoms with Crippen molar-refractivity contribution in [2.45, 2.75) is 83.3 Å². The number of para-hydroxylation sites is 1. The van der Waals surface area contributed by atoms with Crippen LogP contribution >= 0.6 is 0 Å². The molecule has 1 aromatic heterocycles. The molecule has 4 N–H and O–H groups in total. The van der Waals surface area contributed by atoms with E-state index in [0.717, 1.165) is 32.1 Å². The highest BCUT2D eigenvalue weighted by Crippen LogP contribution is 2.29. The Balaban J connectivity index is 1.47. The number of hydrogen-bond acceptors (Lipinski definition) is 7. The molecule has 42 heavy (non-hydrogen) atoms. The van der Waals surface area contributed by atoms with Crippen LogP contribution in [-0.2, 0) is 19.2 Å². The summed E-state index contributed by atoms with van der Waals surface area (Å²) in [6, 6.07) is 4.22. The summed E-state index contributed by atoms with van der Waals surface area (Å²) in [6.45, 7) is 4.15. The zero-order valence-electron chi connectivity index (χ0n) is 24.6. The second kappa shape index (κ2) is 14.3. The first-order chi connectivity index (χ1) is 20.2. The van der Waals surface area contributed by atoms with Gasteiger partial charge in [-0.05, 0) is 43.2 Å². The van der Waals surface area contributed by atoms with Crippen molar-refractivity contribution in [2.24, 2.45) is 17.8 Å². The number of furan rings is 1. The van der Waals surface area contributed by atoms with Crippen molar-refractivity contribution < 1.29 is 33.1 Å². The van der Waals surface area contributed by atoms with Crippen LogP contribution < -0.4 is 26.0 Å². The molecule has 2 aromatic rings. The van der Waals surface area contributed by atoms with Gasteiger partial charge in [0.15, 0.2) is 17.1 Å². The Morgan fingerprint density at radius 3 is 2.45 bits per heavy atom. The van der Waals surface area contributed by atoms with E-state index < -0.39 is 35.8 Å². The topological polar surface area (TPSA) is 156 Å². The molecule has 228 valence electrons. The summed E-state index contributed by atoms with van der Waals surface area (Å²) in [4.78, 5) is 64.1. The molecule has 2 aliphatic rings. The van der Waals surface area contributed by atoms with Crippen LogP contribution in [0.25, 0.3) is 11.0 Å². The fourth-order valence-corrected chi connectivity index (χ4v) is 5.91. The molecule has 11 nitrogen and oxygen atoms in total. The summed E-state index contributed by atoms with van der Waals surface area (Å²) in [6.07, 6.45) is 7.06. The minimum atomic E-state index is -0.946. The maximum absolute atomic E-state index is 13.6. The van der Waals surface area contributed by atoms with Crippen LogP contribution in [0.5, 0.6) is 5.75 Å². The molecular weight excluding hydrogens is 540 g/mol. The Morgan fingerprint density at radius 1 is 1.05 bits per heavy atom. The monoisotopic (exact) mass is 582 g/mol. The van der Waals surface area contributed by atoms with E-state index in [-0.39, 0.29) is 35.8 Å². The largest absolute Gasteiger partial charge is 0.493 e. The van der Waals surface area contributed by atoms with Gasteiger partial charge in [0.1, 0.15) is 18.4 Å². The molecule has 1 saturated carbocycles. The molecule has 4 amide bonds. The van der Waals surface area contributed by atoms with Gasteiger partial charge in [-0.25, -0.2) is 0 Å². The standard InChI is InChI=1S/C31H42N4O7/c1-18(2)26(35-30(39)25-16-20-10-7-11-24(41-3)27(20)42-25)31(40)34-23(14-19-8-5-4-6-9-19)29(38)33-22(17-36)15-21-12-13-32-28(21)37/h7,10-11,16-19,21-23,26H,4-6,8-9,12-15H2,1-3H3,(H,32,37)(H,33,38)(H,34,40)(H,35,39)/t21-,22?,23-,26-/m0/s1. The average Bonchev–Trinajstić information content (AvgIpc) is 3.61. The second-order valence-corrected chi connectivity index (χ2v) is 11.7. The Morgan fingerprint density at radius 2 is 1.81 bits per heavy atom. The van der Waals surface area contributed by atoms with E-state index in [1.165, 1.54) is 7.11 Å². The third-order valence-corrected chi connectivity index (χ3v) is 8.31. The van der Waals surface area contributed by atoms with E-state index in [0.29, 0.717) is 42.4 Å². The molecule has 0 radical (unpaired) electrons. The third kappa shape index (κ3) is 7.68. The van der Waals surface area contributed by atoms with Crippen molar-refractivity contribution in [3.05, 3.63) is 30.0 Å². The number of hydrogen-bond donors (Lipinski definition) is 4. The molecule has 1 saturated heterocycles. The highest BCUT2D eigenvalue weighted by Gasteiger charge is 2.34. The van der Waals surface area contributed by atoms with E-state index in [4.69, 9.17) is 9.15 Å². The van der Waals surface area contributed by atoms with Crippen molar-refractivity contribution in [1.82, 2.24) is 21.3 Å². The van der Waals surface area contributed by atoms with Crippen LogP contribution in [0.15, 0.2) is 28.7 Å². The first-order valence-electron chi connectivity index (χ1n) is 14.9. The first kappa shape index (κ1) is 31.1. The lowest BCUT2D eigenvalue weighted by molar-refractivity contribution is -0.132. The van der Waals surface area contributed by atoms with Gasteiger partial charge < -0.3 is 35.2 Å². The van der Waals surface area contributed by atoms with E-state index in [2.05, 4.69) is 21.3 Å². The number of amides is 4. The second-order valence-electron chi connectivity index (χ2n) is 11.7. The quantitative estimate of drug-likeness (QED) is 0.265. The molecule has 1 aromatic carbocycles. The molecule has 0 spiro atoms. The van der Waals surface area contributed by atoms with Crippen LogP contribution in [0.3, 0.4) is 0 Å². The summed E-state index contributed by atoms with van der Waals surface area (Å²) in [5.41, 5.74) is 0.430. The van der Waals surface area contributed by atoms with E-state index >= 15 is 0 Å². The van der Waals surface area contributed by atoms with Crippen molar-refractivity contribution in [3.63, 3.8) is 0 Å². The van der Waals surface area contributed by atoms with E-state index in [1.807, 2.05) is 0 Å². The predicted octanol–water partition coefficient (Wildman–Crippen LogP) is 2.86. The van der Waals surface area contributed by atoms with Crippen LogP contribution in [0, 0.1) is 17.8 Å². The Labute approximate surface area is 245 Å². The highest BCUT2D eigenvalue weighted by atomic mass is 16.5. The molecule has 2 fully saturated rings. The zero-order valence-corrected chi connectivity index (χ0v) is 24.6. The van der Waals surface area contributed by atoms with Gasteiger partial charge >= 0.3 is 0 Å². The molecule has 1 unspecified atom stereocenters. The summed E-state index contributed by atoms with van der Waals surface area (Å²) >= 11 is 0. The number of benzene rings is 1. The fraction of sp³-hybridized carbons (Fsp3) is 0.581. The smallest absolute Gasteiger partial charge is 0.287 e. The molecule has 1 aliphatic heterocycles. The number of carbonyl (C=O) groups excluding carboxylic acids is 5. The minimum absolute atomic E-state index is 0.0363. The fourth-order valence-electron chi connectivity index (χ4n) is 5.91. The maximum atomic E-state index is 13.6. The van der Waals surface area contributed by atoms with Crippen LogP contribution in [-0.4, -0.2) is 61.7 Å². The molecule has 4 rings (SSSR count). The van der Waals surface area contributed by atoms with Crippen molar-refractivity contribution >= 4 is 40.9 Å². The lowest BCUT2D eigenvalue weighted by Gasteiger charge is -2.29. The number of ether oxygens (including phenoxy) is 1. The number of aldehydes is 1. The summed E-state index contributed by atoms with van der Waals surface area (Å²) < 4.78 is 11.1. The van der Waals surface area contributed by atoms with E-state index in [1.54, 1.807) is 38.1 Å². The van der Waals surface area contributed by atoms with Gasteiger partial charge in [-0.3, -0.25) is 19.2 Å². The molecule has 0 bridgehead atoms. The molecular formula is C31H42N4O7. The maximum Gasteiger partial charge on any atom is 0.287 e. The normalized spacial score (nSPS) is 19.5. The number of nitrogens with one attached hydrogen (secondary N) is 4. The number of methoxy groups -OCH3 is 1. The van der Waals surface area contributed by atoms with Gasteiger partial charge in [-0.2, -0.15) is 0 Å². The lowest BCUT2D eigenvalue weighted by Crippen LogP contribution is -2.57.